The van der Waals surface area contributed by atoms with Crippen molar-refractivity contribution in [2.45, 2.75) is 20.0 Å². The van der Waals surface area contributed by atoms with Crippen LogP contribution in [0.1, 0.15) is 15.7 Å². The first-order valence-electron chi connectivity index (χ1n) is 7.75. The molecule has 0 saturated heterocycles. The molecule has 0 aliphatic rings. The highest BCUT2D eigenvalue weighted by Gasteiger charge is 2.12. The molecule has 25 heavy (non-hydrogen) atoms. The van der Waals surface area contributed by atoms with Gasteiger partial charge in [-0.2, -0.15) is 0 Å². The normalized spacial score (nSPS) is 11.2. The first kappa shape index (κ1) is 17.4. The second-order valence-corrected chi connectivity index (χ2v) is 7.07. The summed E-state index contributed by atoms with van der Waals surface area (Å²) >= 11 is 1.67. The molecular formula is C17H20N4O3S. The van der Waals surface area contributed by atoms with Gasteiger partial charge in [0.05, 0.1) is 36.7 Å². The van der Waals surface area contributed by atoms with Crippen LogP contribution in [-0.4, -0.2) is 41.1 Å². The minimum absolute atomic E-state index is 0.192. The Morgan fingerprint density at radius 2 is 1.92 bits per heavy atom. The third-order valence-corrected chi connectivity index (χ3v) is 4.67. The van der Waals surface area contributed by atoms with Gasteiger partial charge in [0.2, 0.25) is 0 Å². The molecular weight excluding hydrogens is 340 g/mol. The van der Waals surface area contributed by atoms with Crippen molar-refractivity contribution in [1.82, 2.24) is 19.9 Å². The number of aryl methyl sites for hydroxylation is 1. The van der Waals surface area contributed by atoms with Crippen LogP contribution in [-0.2, 0) is 13.1 Å². The Hall–Kier alpha value is -2.45. The Labute approximate surface area is 149 Å². The number of hydrogen-bond donors (Lipinski definition) is 1. The molecule has 0 saturated carbocycles. The fourth-order valence-corrected chi connectivity index (χ4v) is 3.52. The van der Waals surface area contributed by atoms with Gasteiger partial charge >= 0.3 is 0 Å². The number of nitrogens with one attached hydrogen (secondary N) is 1. The molecule has 8 heteroatoms. The van der Waals surface area contributed by atoms with Crippen LogP contribution < -0.4 is 15.0 Å². The van der Waals surface area contributed by atoms with Gasteiger partial charge in [-0.3, -0.25) is 9.69 Å². The lowest BCUT2D eigenvalue weighted by atomic mass is 10.2. The van der Waals surface area contributed by atoms with Crippen molar-refractivity contribution in [1.29, 1.82) is 0 Å². The van der Waals surface area contributed by atoms with E-state index in [9.17, 15) is 4.79 Å². The highest BCUT2D eigenvalue weighted by atomic mass is 32.1. The first-order valence-corrected chi connectivity index (χ1v) is 8.56. The number of fused-ring (bicyclic) bond motifs is 1. The van der Waals surface area contributed by atoms with E-state index < -0.39 is 0 Å². The van der Waals surface area contributed by atoms with Gasteiger partial charge in [-0.15, -0.1) is 11.3 Å². The zero-order chi connectivity index (χ0) is 18.0. The van der Waals surface area contributed by atoms with E-state index in [0.29, 0.717) is 34.8 Å². The first-order chi connectivity index (χ1) is 12.0. The Kier molecular flexibility index (Phi) is 5.00. The molecule has 0 unspecified atom stereocenters. The summed E-state index contributed by atoms with van der Waals surface area (Å²) < 4.78 is 10.5. The van der Waals surface area contributed by atoms with E-state index in [-0.39, 0.29) is 5.56 Å². The second kappa shape index (κ2) is 7.20. The van der Waals surface area contributed by atoms with Crippen molar-refractivity contribution in [3.05, 3.63) is 44.4 Å². The molecule has 0 spiro atoms. The average molecular weight is 360 g/mol. The molecule has 132 valence electrons. The molecule has 0 aliphatic heterocycles. The summed E-state index contributed by atoms with van der Waals surface area (Å²) in [7, 11) is 5.08. The zero-order valence-corrected chi connectivity index (χ0v) is 15.4. The molecule has 0 amide bonds. The highest BCUT2D eigenvalue weighted by molar-refractivity contribution is 7.11. The number of nitrogens with zero attached hydrogens (tertiary/aromatic N) is 3. The van der Waals surface area contributed by atoms with Crippen molar-refractivity contribution in [2.24, 2.45) is 0 Å². The summed E-state index contributed by atoms with van der Waals surface area (Å²) in [6, 6.07) is 3.37. The van der Waals surface area contributed by atoms with Crippen molar-refractivity contribution < 1.29 is 9.47 Å². The number of hydrogen-bond acceptors (Lipinski definition) is 7. The Balaban J connectivity index is 1.88. The monoisotopic (exact) mass is 360 g/mol. The third kappa shape index (κ3) is 3.80. The topological polar surface area (TPSA) is 80.3 Å². The second-order valence-electron chi connectivity index (χ2n) is 5.75. The summed E-state index contributed by atoms with van der Waals surface area (Å²) in [5.74, 6) is 1.66. The number of rotatable bonds is 6. The van der Waals surface area contributed by atoms with Gasteiger partial charge in [-0.1, -0.05) is 0 Å². The lowest BCUT2D eigenvalue weighted by Gasteiger charge is -2.15. The Morgan fingerprint density at radius 3 is 2.56 bits per heavy atom. The fraction of sp³-hybridized carbons (Fsp3) is 0.353. The van der Waals surface area contributed by atoms with Crippen molar-refractivity contribution in [2.75, 3.05) is 21.3 Å². The quantitative estimate of drug-likeness (QED) is 0.727. The van der Waals surface area contributed by atoms with E-state index in [1.807, 2.05) is 20.2 Å². The molecule has 1 aromatic carbocycles. The van der Waals surface area contributed by atoms with Crippen LogP contribution in [0.25, 0.3) is 10.9 Å². The largest absolute Gasteiger partial charge is 0.493 e. The zero-order valence-electron chi connectivity index (χ0n) is 14.6. The van der Waals surface area contributed by atoms with Crippen LogP contribution in [0, 0.1) is 6.92 Å². The molecule has 7 nitrogen and oxygen atoms in total. The maximum atomic E-state index is 12.4. The fourth-order valence-electron chi connectivity index (χ4n) is 2.65. The van der Waals surface area contributed by atoms with Crippen LogP contribution in [0.3, 0.4) is 0 Å². The number of benzene rings is 1. The molecule has 0 fully saturated rings. The lowest BCUT2D eigenvalue weighted by molar-refractivity contribution is 0.313. The van der Waals surface area contributed by atoms with Gasteiger partial charge in [0.15, 0.2) is 11.5 Å². The third-order valence-electron chi connectivity index (χ3n) is 3.77. The van der Waals surface area contributed by atoms with Gasteiger partial charge in [-0.25, -0.2) is 9.97 Å². The maximum Gasteiger partial charge on any atom is 0.258 e. The van der Waals surface area contributed by atoms with Gasteiger partial charge in [0.25, 0.3) is 5.56 Å². The molecule has 0 aliphatic carbocycles. The minimum Gasteiger partial charge on any atom is -0.493 e. The number of aromatic nitrogens is 3. The van der Waals surface area contributed by atoms with Gasteiger partial charge in [0.1, 0.15) is 5.82 Å². The number of methoxy groups -OCH3 is 2. The van der Waals surface area contributed by atoms with Crippen molar-refractivity contribution in [3.8, 4) is 11.5 Å². The molecule has 0 atom stereocenters. The maximum absolute atomic E-state index is 12.4. The standard InChI is InChI=1S/C17H20N4O3S/c1-10-18-7-11(25-10)8-21(2)9-16-19-13-6-15(24-4)14(23-3)5-12(13)17(22)20-16/h5-7H,8-9H2,1-4H3,(H,19,20,22). The molecule has 1 N–H and O–H groups in total. The molecule has 3 rings (SSSR count). The van der Waals surface area contributed by atoms with Crippen LogP contribution in [0.15, 0.2) is 23.1 Å². The molecule has 2 heterocycles. The lowest BCUT2D eigenvalue weighted by Crippen LogP contribution is -2.21. The molecule has 0 radical (unpaired) electrons. The van der Waals surface area contributed by atoms with E-state index in [0.717, 1.165) is 11.6 Å². The average Bonchev–Trinajstić information content (AvgIpc) is 2.98. The number of thiazole rings is 1. The number of aromatic amines is 1. The van der Waals surface area contributed by atoms with Crippen LogP contribution in [0.5, 0.6) is 11.5 Å². The minimum atomic E-state index is -0.192. The van der Waals surface area contributed by atoms with Gasteiger partial charge in [-0.05, 0) is 20.0 Å². The van der Waals surface area contributed by atoms with E-state index in [2.05, 4.69) is 19.9 Å². The summed E-state index contributed by atoms with van der Waals surface area (Å²) in [5, 5.41) is 1.52. The molecule has 3 aromatic rings. The summed E-state index contributed by atoms with van der Waals surface area (Å²) in [6.07, 6.45) is 1.88. The van der Waals surface area contributed by atoms with Crippen LogP contribution in [0.2, 0.25) is 0 Å². The molecule has 0 bridgehead atoms. The number of ether oxygens (including phenoxy) is 2. The van der Waals surface area contributed by atoms with Crippen molar-refractivity contribution >= 4 is 22.2 Å². The van der Waals surface area contributed by atoms with Crippen LogP contribution in [0.4, 0.5) is 0 Å². The molecule has 2 aromatic heterocycles. The van der Waals surface area contributed by atoms with E-state index in [1.165, 1.54) is 12.0 Å². The number of H-pyrrole nitrogens is 1. The van der Waals surface area contributed by atoms with Gasteiger partial charge in [0, 0.05) is 23.7 Å². The highest BCUT2D eigenvalue weighted by Crippen LogP contribution is 2.29. The van der Waals surface area contributed by atoms with Crippen LogP contribution >= 0.6 is 11.3 Å². The SMILES string of the molecule is COc1cc2nc(CN(C)Cc3cnc(C)s3)[nH]c(=O)c2cc1OC. The Morgan fingerprint density at radius 1 is 1.20 bits per heavy atom. The van der Waals surface area contributed by atoms with Crippen molar-refractivity contribution in [3.63, 3.8) is 0 Å². The summed E-state index contributed by atoms with van der Waals surface area (Å²) in [5.41, 5.74) is 0.390. The van der Waals surface area contributed by atoms with E-state index in [1.54, 1.807) is 30.6 Å². The summed E-state index contributed by atoms with van der Waals surface area (Å²) in [6.45, 7) is 3.26. The van der Waals surface area contributed by atoms with E-state index in [4.69, 9.17) is 9.47 Å². The van der Waals surface area contributed by atoms with E-state index >= 15 is 0 Å². The smallest absolute Gasteiger partial charge is 0.258 e. The summed E-state index contributed by atoms with van der Waals surface area (Å²) in [4.78, 5) is 27.3. The van der Waals surface area contributed by atoms with Gasteiger partial charge < -0.3 is 14.5 Å². The predicted octanol–water partition coefficient (Wildman–Crippen LogP) is 2.34. The predicted molar refractivity (Wildman–Crippen MR) is 97.5 cm³/mol. The Bertz CT molecular complexity index is 951.